The van der Waals surface area contributed by atoms with Crippen LogP contribution in [0.4, 0.5) is 5.69 Å². The lowest BCUT2D eigenvalue weighted by molar-refractivity contribution is -0.117. The van der Waals surface area contributed by atoms with E-state index in [1.807, 2.05) is 38.1 Å². The standard InChI is InChI=1S/C11H15NO/c1-8-6-4-5-7-11(8)12-9(2)10(3)13/h4-7,9,12H,1-3H3. The molecule has 0 heterocycles. The molecule has 0 saturated carbocycles. The average molecular weight is 177 g/mol. The molecule has 0 spiro atoms. The fourth-order valence-electron chi connectivity index (χ4n) is 1.07. The fourth-order valence-corrected chi connectivity index (χ4v) is 1.07. The van der Waals surface area contributed by atoms with Crippen LogP contribution in [0.2, 0.25) is 0 Å². The highest BCUT2D eigenvalue weighted by atomic mass is 16.1. The third-order valence-corrected chi connectivity index (χ3v) is 2.13. The van der Waals surface area contributed by atoms with Crippen LogP contribution in [-0.2, 0) is 4.79 Å². The van der Waals surface area contributed by atoms with E-state index in [0.717, 1.165) is 11.3 Å². The number of carbonyl (C=O) groups is 1. The van der Waals surface area contributed by atoms with Crippen molar-refractivity contribution in [2.75, 3.05) is 5.32 Å². The number of carbonyl (C=O) groups excluding carboxylic acids is 1. The van der Waals surface area contributed by atoms with E-state index < -0.39 is 0 Å². The van der Waals surface area contributed by atoms with Crippen LogP contribution in [0.15, 0.2) is 24.3 Å². The van der Waals surface area contributed by atoms with Crippen molar-refractivity contribution in [1.82, 2.24) is 0 Å². The Morgan fingerprint density at radius 2 is 2.00 bits per heavy atom. The first-order valence-corrected chi connectivity index (χ1v) is 4.44. The Kier molecular flexibility index (Phi) is 3.07. The van der Waals surface area contributed by atoms with Gasteiger partial charge in [0.05, 0.1) is 6.04 Å². The second kappa shape index (κ2) is 4.08. The zero-order valence-electron chi connectivity index (χ0n) is 8.29. The van der Waals surface area contributed by atoms with E-state index in [9.17, 15) is 4.79 Å². The molecule has 1 atom stereocenters. The van der Waals surface area contributed by atoms with E-state index in [-0.39, 0.29) is 11.8 Å². The number of ketones is 1. The van der Waals surface area contributed by atoms with Crippen LogP contribution >= 0.6 is 0 Å². The summed E-state index contributed by atoms with van der Waals surface area (Å²) in [6, 6.07) is 7.84. The van der Waals surface area contributed by atoms with Crippen LogP contribution in [0.25, 0.3) is 0 Å². The molecule has 1 aromatic carbocycles. The second-order valence-corrected chi connectivity index (χ2v) is 3.29. The van der Waals surface area contributed by atoms with Crippen molar-refractivity contribution in [3.63, 3.8) is 0 Å². The highest BCUT2D eigenvalue weighted by Gasteiger charge is 2.07. The number of benzene rings is 1. The number of hydrogen-bond acceptors (Lipinski definition) is 2. The molecule has 0 fully saturated rings. The topological polar surface area (TPSA) is 29.1 Å². The molecule has 0 aliphatic rings. The molecule has 70 valence electrons. The van der Waals surface area contributed by atoms with Crippen molar-refractivity contribution in [2.45, 2.75) is 26.8 Å². The SMILES string of the molecule is CC(=O)C(C)Nc1ccccc1C. The van der Waals surface area contributed by atoms with E-state index in [0.29, 0.717) is 0 Å². The zero-order valence-corrected chi connectivity index (χ0v) is 8.29. The van der Waals surface area contributed by atoms with Gasteiger partial charge in [-0.2, -0.15) is 0 Å². The molecule has 1 aromatic rings. The summed E-state index contributed by atoms with van der Waals surface area (Å²) in [6.45, 7) is 5.49. The van der Waals surface area contributed by atoms with Crippen LogP contribution < -0.4 is 5.32 Å². The maximum absolute atomic E-state index is 11.0. The highest BCUT2D eigenvalue weighted by molar-refractivity contribution is 5.84. The van der Waals surface area contributed by atoms with Gasteiger partial charge in [-0.25, -0.2) is 0 Å². The van der Waals surface area contributed by atoms with Gasteiger partial charge in [0, 0.05) is 5.69 Å². The molecule has 0 aliphatic carbocycles. The number of nitrogens with one attached hydrogen (secondary N) is 1. The van der Waals surface area contributed by atoms with Crippen molar-refractivity contribution in [1.29, 1.82) is 0 Å². The van der Waals surface area contributed by atoms with Crippen LogP contribution in [0.1, 0.15) is 19.4 Å². The summed E-state index contributed by atoms with van der Waals surface area (Å²) >= 11 is 0. The number of rotatable bonds is 3. The molecule has 0 amide bonds. The summed E-state index contributed by atoms with van der Waals surface area (Å²) in [7, 11) is 0. The number of aryl methyl sites for hydroxylation is 1. The number of para-hydroxylation sites is 1. The van der Waals surface area contributed by atoms with Gasteiger partial charge in [0.15, 0.2) is 5.78 Å². The lowest BCUT2D eigenvalue weighted by Crippen LogP contribution is -2.23. The average Bonchev–Trinajstić information content (AvgIpc) is 2.08. The van der Waals surface area contributed by atoms with Gasteiger partial charge >= 0.3 is 0 Å². The van der Waals surface area contributed by atoms with Gasteiger partial charge in [0.25, 0.3) is 0 Å². The van der Waals surface area contributed by atoms with E-state index >= 15 is 0 Å². The van der Waals surface area contributed by atoms with Crippen molar-refractivity contribution in [3.05, 3.63) is 29.8 Å². The van der Waals surface area contributed by atoms with Gasteiger partial charge in [0.2, 0.25) is 0 Å². The first-order valence-electron chi connectivity index (χ1n) is 4.44. The minimum atomic E-state index is -0.110. The van der Waals surface area contributed by atoms with Gasteiger partial charge in [-0.3, -0.25) is 4.79 Å². The normalized spacial score (nSPS) is 12.2. The maximum Gasteiger partial charge on any atom is 0.151 e. The smallest absolute Gasteiger partial charge is 0.151 e. The van der Waals surface area contributed by atoms with Gasteiger partial charge in [-0.15, -0.1) is 0 Å². The summed E-state index contributed by atoms with van der Waals surface area (Å²) < 4.78 is 0. The third kappa shape index (κ3) is 2.58. The predicted molar refractivity (Wildman–Crippen MR) is 54.9 cm³/mol. The van der Waals surface area contributed by atoms with Crippen LogP contribution in [0.3, 0.4) is 0 Å². The highest BCUT2D eigenvalue weighted by Crippen LogP contribution is 2.14. The number of Topliss-reactive ketones (excluding diaryl/α,β-unsaturated/α-hetero) is 1. The predicted octanol–water partition coefficient (Wildman–Crippen LogP) is 2.38. The van der Waals surface area contributed by atoms with Crippen LogP contribution in [0, 0.1) is 6.92 Å². The summed E-state index contributed by atoms with van der Waals surface area (Å²) in [4.78, 5) is 11.0. The van der Waals surface area contributed by atoms with Crippen molar-refractivity contribution in [3.8, 4) is 0 Å². The summed E-state index contributed by atoms with van der Waals surface area (Å²) in [5, 5.41) is 3.16. The zero-order chi connectivity index (χ0) is 9.84. The van der Waals surface area contributed by atoms with E-state index in [1.165, 1.54) is 0 Å². The van der Waals surface area contributed by atoms with E-state index in [4.69, 9.17) is 0 Å². The molecular weight excluding hydrogens is 162 g/mol. The quantitative estimate of drug-likeness (QED) is 0.768. The van der Waals surface area contributed by atoms with Crippen LogP contribution in [0.5, 0.6) is 0 Å². The molecule has 1 unspecified atom stereocenters. The van der Waals surface area contributed by atoms with Gasteiger partial charge in [-0.1, -0.05) is 18.2 Å². The summed E-state index contributed by atoms with van der Waals surface area (Å²) in [6.07, 6.45) is 0. The van der Waals surface area contributed by atoms with Crippen molar-refractivity contribution >= 4 is 11.5 Å². The van der Waals surface area contributed by atoms with Crippen molar-refractivity contribution < 1.29 is 4.79 Å². The maximum atomic E-state index is 11.0. The van der Waals surface area contributed by atoms with Crippen LogP contribution in [-0.4, -0.2) is 11.8 Å². The molecule has 0 aliphatic heterocycles. The Morgan fingerprint density at radius 1 is 1.38 bits per heavy atom. The summed E-state index contributed by atoms with van der Waals surface area (Å²) in [5.41, 5.74) is 2.20. The van der Waals surface area contributed by atoms with Gasteiger partial charge in [0.1, 0.15) is 0 Å². The van der Waals surface area contributed by atoms with Gasteiger partial charge in [-0.05, 0) is 32.4 Å². The first kappa shape index (κ1) is 9.78. The molecule has 1 rings (SSSR count). The number of hydrogen-bond donors (Lipinski definition) is 1. The molecule has 0 radical (unpaired) electrons. The lowest BCUT2D eigenvalue weighted by Gasteiger charge is -2.13. The minimum Gasteiger partial charge on any atom is -0.375 e. The molecule has 2 nitrogen and oxygen atoms in total. The van der Waals surface area contributed by atoms with Crippen molar-refractivity contribution in [2.24, 2.45) is 0 Å². The Labute approximate surface area is 79.0 Å². The third-order valence-electron chi connectivity index (χ3n) is 2.13. The Bertz CT molecular complexity index is 307. The lowest BCUT2D eigenvalue weighted by atomic mass is 10.1. The Balaban J connectivity index is 2.74. The molecule has 0 saturated heterocycles. The number of anilines is 1. The van der Waals surface area contributed by atoms with E-state index in [2.05, 4.69) is 5.32 Å². The molecule has 1 N–H and O–H groups in total. The molecule has 2 heteroatoms. The molecule has 0 aromatic heterocycles. The van der Waals surface area contributed by atoms with E-state index in [1.54, 1.807) is 6.92 Å². The monoisotopic (exact) mass is 177 g/mol. The molecular formula is C11H15NO. The first-order chi connectivity index (χ1) is 6.11. The fraction of sp³-hybridized carbons (Fsp3) is 0.364. The minimum absolute atomic E-state index is 0.110. The molecule has 13 heavy (non-hydrogen) atoms. The Hall–Kier alpha value is -1.31. The molecule has 0 bridgehead atoms. The second-order valence-electron chi connectivity index (χ2n) is 3.29. The summed E-state index contributed by atoms with van der Waals surface area (Å²) in [5.74, 6) is 0.156. The Morgan fingerprint density at radius 3 is 2.54 bits per heavy atom. The largest absolute Gasteiger partial charge is 0.375 e. The van der Waals surface area contributed by atoms with Gasteiger partial charge < -0.3 is 5.32 Å².